The fraction of sp³-hybridized carbons (Fsp3) is 0.353. The van der Waals surface area contributed by atoms with Gasteiger partial charge in [0.2, 0.25) is 12.1 Å². The van der Waals surface area contributed by atoms with E-state index in [1.54, 1.807) is 18.2 Å². The number of nitrogens with zero attached hydrogens (tertiary/aromatic N) is 3. The summed E-state index contributed by atoms with van der Waals surface area (Å²) in [6.07, 6.45) is 3.48. The standard InChI is InChI=1S/C17H16Cl2N4O2/c1-9(24)23-17(10-6-7-12(18)13(19)8-10)25-16(22-23)15-11-4-2-3-5-14(11)20-21-15/h6-8,17H,2-5H2,1H3,(H,20,21)/t17-/m1/s1. The van der Waals surface area contributed by atoms with Crippen LogP contribution in [0.15, 0.2) is 23.3 Å². The number of carbonyl (C=O) groups excluding carboxylic acids is 1. The number of H-pyrrole nitrogens is 1. The minimum Gasteiger partial charge on any atom is -0.445 e. The molecule has 0 saturated carbocycles. The Morgan fingerprint density at radius 1 is 1.28 bits per heavy atom. The highest BCUT2D eigenvalue weighted by atomic mass is 35.5. The van der Waals surface area contributed by atoms with E-state index >= 15 is 0 Å². The summed E-state index contributed by atoms with van der Waals surface area (Å²) in [7, 11) is 0. The summed E-state index contributed by atoms with van der Waals surface area (Å²) in [6.45, 7) is 1.44. The molecule has 0 fully saturated rings. The van der Waals surface area contributed by atoms with E-state index in [9.17, 15) is 4.79 Å². The second-order valence-corrected chi connectivity index (χ2v) is 6.96. The molecule has 1 amide bonds. The number of aryl methyl sites for hydroxylation is 1. The van der Waals surface area contributed by atoms with E-state index in [1.165, 1.54) is 11.9 Å². The Morgan fingerprint density at radius 2 is 2.08 bits per heavy atom. The van der Waals surface area contributed by atoms with Crippen LogP contribution in [0.1, 0.15) is 48.5 Å². The van der Waals surface area contributed by atoms with E-state index in [0.29, 0.717) is 27.2 Å². The summed E-state index contributed by atoms with van der Waals surface area (Å²) in [5, 5.41) is 13.9. The summed E-state index contributed by atoms with van der Waals surface area (Å²) in [6, 6.07) is 5.13. The van der Waals surface area contributed by atoms with Crippen molar-refractivity contribution in [3.63, 3.8) is 0 Å². The molecule has 1 aliphatic carbocycles. The fourth-order valence-electron chi connectivity index (χ4n) is 3.20. The molecule has 8 heteroatoms. The highest BCUT2D eigenvalue weighted by molar-refractivity contribution is 6.42. The van der Waals surface area contributed by atoms with Crippen LogP contribution in [-0.2, 0) is 22.4 Å². The lowest BCUT2D eigenvalue weighted by atomic mass is 9.96. The number of halogens is 2. The van der Waals surface area contributed by atoms with Gasteiger partial charge < -0.3 is 4.74 Å². The topological polar surface area (TPSA) is 70.6 Å². The average molecular weight is 379 g/mol. The number of nitrogens with one attached hydrogen (secondary N) is 1. The highest BCUT2D eigenvalue weighted by Crippen LogP contribution is 2.34. The van der Waals surface area contributed by atoms with Crippen LogP contribution < -0.4 is 0 Å². The van der Waals surface area contributed by atoms with Crippen LogP contribution in [0, 0.1) is 0 Å². The third-order valence-electron chi connectivity index (χ3n) is 4.45. The Hall–Kier alpha value is -2.05. The number of ether oxygens (including phenoxy) is 1. The van der Waals surface area contributed by atoms with Crippen LogP contribution >= 0.6 is 23.2 Å². The van der Waals surface area contributed by atoms with Crippen LogP contribution in [0.25, 0.3) is 0 Å². The number of hydrogen-bond donors (Lipinski definition) is 1. The van der Waals surface area contributed by atoms with Crippen LogP contribution in [-0.4, -0.2) is 27.0 Å². The molecule has 6 nitrogen and oxygen atoms in total. The SMILES string of the molecule is CC(=O)N1N=C(c2n[nH]c3c2CCCC3)O[C@@H]1c1ccc(Cl)c(Cl)c1. The zero-order valence-electron chi connectivity index (χ0n) is 13.6. The molecule has 1 N–H and O–H groups in total. The van der Waals surface area contributed by atoms with E-state index < -0.39 is 6.23 Å². The van der Waals surface area contributed by atoms with Crippen molar-refractivity contribution in [2.45, 2.75) is 38.8 Å². The van der Waals surface area contributed by atoms with Crippen LogP contribution in [0.4, 0.5) is 0 Å². The molecule has 1 aliphatic heterocycles. The second-order valence-electron chi connectivity index (χ2n) is 6.15. The zero-order valence-corrected chi connectivity index (χ0v) is 15.1. The number of amides is 1. The third-order valence-corrected chi connectivity index (χ3v) is 5.19. The molecule has 0 bridgehead atoms. The van der Waals surface area contributed by atoms with E-state index in [-0.39, 0.29) is 5.91 Å². The van der Waals surface area contributed by atoms with E-state index in [0.717, 1.165) is 36.9 Å². The van der Waals surface area contributed by atoms with E-state index in [4.69, 9.17) is 27.9 Å². The first kappa shape index (κ1) is 16.4. The Balaban J connectivity index is 1.69. The maximum absolute atomic E-state index is 12.0. The van der Waals surface area contributed by atoms with Gasteiger partial charge in [-0.1, -0.05) is 29.3 Å². The lowest BCUT2D eigenvalue weighted by Gasteiger charge is -2.19. The maximum Gasteiger partial charge on any atom is 0.262 e. The summed E-state index contributed by atoms with van der Waals surface area (Å²) in [5.74, 6) is 0.126. The van der Waals surface area contributed by atoms with Crippen molar-refractivity contribution in [3.8, 4) is 0 Å². The van der Waals surface area contributed by atoms with Crippen molar-refractivity contribution in [3.05, 3.63) is 50.8 Å². The molecule has 2 aromatic rings. The molecule has 1 atom stereocenters. The van der Waals surface area contributed by atoms with Gasteiger partial charge in [0, 0.05) is 23.7 Å². The number of aromatic amines is 1. The first-order valence-corrected chi connectivity index (χ1v) is 8.86. The minimum absolute atomic E-state index is 0.226. The number of aromatic nitrogens is 2. The third kappa shape index (κ3) is 2.89. The molecule has 4 rings (SSSR count). The van der Waals surface area contributed by atoms with Crippen molar-refractivity contribution in [1.82, 2.24) is 15.2 Å². The maximum atomic E-state index is 12.0. The van der Waals surface area contributed by atoms with Gasteiger partial charge in [0.25, 0.3) is 5.90 Å². The van der Waals surface area contributed by atoms with Crippen molar-refractivity contribution in [2.24, 2.45) is 5.10 Å². The summed E-state index contributed by atoms with van der Waals surface area (Å²) >= 11 is 12.1. The molecule has 0 radical (unpaired) electrons. The molecular formula is C17H16Cl2N4O2. The van der Waals surface area contributed by atoms with Crippen molar-refractivity contribution in [1.29, 1.82) is 0 Å². The minimum atomic E-state index is -0.682. The van der Waals surface area contributed by atoms with Gasteiger partial charge in [-0.05, 0) is 37.8 Å². The first-order valence-electron chi connectivity index (χ1n) is 8.11. The number of rotatable bonds is 2. The predicted molar refractivity (Wildman–Crippen MR) is 94.6 cm³/mol. The Bertz CT molecular complexity index is 878. The lowest BCUT2D eigenvalue weighted by Crippen LogP contribution is -2.25. The molecule has 0 spiro atoms. The molecule has 2 aliphatic rings. The monoisotopic (exact) mass is 378 g/mol. The largest absolute Gasteiger partial charge is 0.445 e. The van der Waals surface area contributed by atoms with Crippen LogP contribution in [0.3, 0.4) is 0 Å². The normalized spacial score (nSPS) is 19.4. The molecule has 2 heterocycles. The fourth-order valence-corrected chi connectivity index (χ4v) is 3.51. The molecule has 130 valence electrons. The van der Waals surface area contributed by atoms with Crippen LogP contribution in [0.5, 0.6) is 0 Å². The lowest BCUT2D eigenvalue weighted by molar-refractivity contribution is -0.135. The smallest absolute Gasteiger partial charge is 0.262 e. The van der Waals surface area contributed by atoms with Gasteiger partial charge in [0.05, 0.1) is 10.0 Å². The predicted octanol–water partition coefficient (Wildman–Crippen LogP) is 3.83. The Labute approximate surface area is 154 Å². The molecule has 1 aromatic heterocycles. The summed E-state index contributed by atoms with van der Waals surface area (Å²) < 4.78 is 6.00. The molecule has 0 unspecified atom stereocenters. The molecule has 1 aromatic carbocycles. The Morgan fingerprint density at radius 3 is 2.84 bits per heavy atom. The van der Waals surface area contributed by atoms with E-state index in [2.05, 4.69) is 15.3 Å². The summed E-state index contributed by atoms with van der Waals surface area (Å²) in [5.41, 5.74) is 3.64. The van der Waals surface area contributed by atoms with E-state index in [1.807, 2.05) is 0 Å². The Kier molecular flexibility index (Phi) is 4.17. The highest BCUT2D eigenvalue weighted by Gasteiger charge is 2.36. The number of benzene rings is 1. The van der Waals surface area contributed by atoms with Crippen LogP contribution in [0.2, 0.25) is 10.0 Å². The number of hydrazone groups is 1. The van der Waals surface area contributed by atoms with Gasteiger partial charge >= 0.3 is 0 Å². The van der Waals surface area contributed by atoms with Crippen molar-refractivity contribution >= 4 is 35.0 Å². The van der Waals surface area contributed by atoms with Gasteiger partial charge in [-0.15, -0.1) is 5.10 Å². The van der Waals surface area contributed by atoms with Gasteiger partial charge in [0.1, 0.15) is 0 Å². The van der Waals surface area contributed by atoms with Gasteiger partial charge in [-0.2, -0.15) is 10.1 Å². The summed E-state index contributed by atoms with van der Waals surface area (Å²) in [4.78, 5) is 12.0. The number of hydrogen-bond acceptors (Lipinski definition) is 4. The molecule has 25 heavy (non-hydrogen) atoms. The quantitative estimate of drug-likeness (QED) is 0.862. The zero-order chi connectivity index (χ0) is 17.6. The number of fused-ring (bicyclic) bond motifs is 1. The first-order chi connectivity index (χ1) is 12.0. The second kappa shape index (κ2) is 6.35. The van der Waals surface area contributed by atoms with Gasteiger partial charge in [-0.25, -0.2) is 0 Å². The van der Waals surface area contributed by atoms with Gasteiger partial charge in [-0.3, -0.25) is 9.89 Å². The molecular weight excluding hydrogens is 363 g/mol. The van der Waals surface area contributed by atoms with Gasteiger partial charge in [0.15, 0.2) is 5.69 Å². The van der Waals surface area contributed by atoms with Crippen molar-refractivity contribution in [2.75, 3.05) is 0 Å². The van der Waals surface area contributed by atoms with Crippen molar-refractivity contribution < 1.29 is 9.53 Å². The number of carbonyl (C=O) groups is 1. The molecule has 0 saturated heterocycles. The average Bonchev–Trinajstić information content (AvgIpc) is 3.21.